The van der Waals surface area contributed by atoms with Crippen molar-refractivity contribution in [2.24, 2.45) is 0 Å². The highest BCUT2D eigenvalue weighted by atomic mass is 35.5. The standard InChI is InChI=1S/C10H6Cl2N2O2.C7H8O5/c11-8-3-1-2-6(10(8)14(15)16)7-4-13-5-9(7)12;8-5(7(11)12)3-1-2-4-6(9)10/h1-5,13H;1,3H,2,4H2,(H,9,10)(H,11,12)/p-2/b;3-1+. The predicted octanol–water partition coefficient (Wildman–Crippen LogP) is 1.29. The van der Waals surface area contributed by atoms with Crippen LogP contribution >= 0.6 is 23.2 Å². The van der Waals surface area contributed by atoms with Crippen LogP contribution in [0.2, 0.25) is 10.0 Å². The van der Waals surface area contributed by atoms with Gasteiger partial charge in [0.2, 0.25) is 5.78 Å². The highest BCUT2D eigenvalue weighted by Crippen LogP contribution is 2.38. The molecule has 9 nitrogen and oxygen atoms in total. The van der Waals surface area contributed by atoms with Gasteiger partial charge in [0.05, 0.1) is 15.5 Å². The number of para-hydroxylation sites is 1. The van der Waals surface area contributed by atoms with Crippen LogP contribution in [-0.4, -0.2) is 27.6 Å². The van der Waals surface area contributed by atoms with Gasteiger partial charge in [-0.05, 0) is 31.1 Å². The average Bonchev–Trinajstić information content (AvgIpc) is 3.04. The molecule has 148 valence electrons. The molecule has 1 aromatic heterocycles. The Morgan fingerprint density at radius 2 is 1.75 bits per heavy atom. The van der Waals surface area contributed by atoms with Crippen LogP contribution in [0.25, 0.3) is 11.1 Å². The maximum atomic E-state index is 10.9. The van der Waals surface area contributed by atoms with E-state index in [0.29, 0.717) is 16.1 Å². The predicted molar refractivity (Wildman–Crippen MR) is 96.3 cm³/mol. The Kier molecular flexibility index (Phi) is 8.86. The van der Waals surface area contributed by atoms with Crippen LogP contribution in [-0.2, 0) is 14.4 Å². The third-order valence-electron chi connectivity index (χ3n) is 3.14. The van der Waals surface area contributed by atoms with Crippen LogP contribution in [0.5, 0.6) is 0 Å². The summed E-state index contributed by atoms with van der Waals surface area (Å²) >= 11 is 11.7. The number of carboxylic acid groups (broad SMARTS) is 2. The third-order valence-corrected chi connectivity index (χ3v) is 3.76. The molecule has 0 saturated carbocycles. The van der Waals surface area contributed by atoms with Crippen LogP contribution in [0.15, 0.2) is 42.7 Å². The number of aliphatic carboxylic acids is 2. The van der Waals surface area contributed by atoms with Gasteiger partial charge in [0, 0.05) is 23.9 Å². The number of hydrogen-bond acceptors (Lipinski definition) is 7. The minimum Gasteiger partial charge on any atom is -0.550 e. The third kappa shape index (κ3) is 6.86. The molecule has 2 aromatic rings. The Bertz CT molecular complexity index is 922. The van der Waals surface area contributed by atoms with Gasteiger partial charge in [-0.1, -0.05) is 35.3 Å². The smallest absolute Gasteiger partial charge is 0.295 e. The molecule has 0 amide bonds. The first-order valence-electron chi connectivity index (χ1n) is 7.52. The van der Waals surface area contributed by atoms with Gasteiger partial charge < -0.3 is 24.8 Å². The number of carbonyl (C=O) groups is 3. The van der Waals surface area contributed by atoms with Crippen molar-refractivity contribution in [3.63, 3.8) is 0 Å². The van der Waals surface area contributed by atoms with Gasteiger partial charge in [0.1, 0.15) is 11.0 Å². The zero-order valence-electron chi connectivity index (χ0n) is 14.0. The number of ketones is 1. The Labute approximate surface area is 168 Å². The number of nitrogens with zero attached hydrogens (tertiary/aromatic N) is 1. The fourth-order valence-electron chi connectivity index (χ4n) is 1.93. The first-order valence-corrected chi connectivity index (χ1v) is 8.28. The van der Waals surface area contributed by atoms with E-state index in [1.165, 1.54) is 6.07 Å². The van der Waals surface area contributed by atoms with Crippen molar-refractivity contribution in [2.75, 3.05) is 0 Å². The molecule has 2 rings (SSSR count). The lowest BCUT2D eigenvalue weighted by molar-refractivity contribution is -0.384. The van der Waals surface area contributed by atoms with E-state index in [-0.39, 0.29) is 23.6 Å². The Balaban J connectivity index is 0.000000295. The van der Waals surface area contributed by atoms with Crippen molar-refractivity contribution in [3.05, 3.63) is 62.9 Å². The molecule has 1 aromatic carbocycles. The van der Waals surface area contributed by atoms with Crippen molar-refractivity contribution >= 4 is 46.6 Å². The fourth-order valence-corrected chi connectivity index (χ4v) is 2.39. The summed E-state index contributed by atoms with van der Waals surface area (Å²) in [4.78, 5) is 43.1. The first-order chi connectivity index (χ1) is 13.1. The van der Waals surface area contributed by atoms with E-state index in [1.54, 1.807) is 24.5 Å². The molecule has 11 heteroatoms. The second kappa shape index (κ2) is 10.9. The van der Waals surface area contributed by atoms with Gasteiger partial charge in [0.25, 0.3) is 5.69 Å². The molecule has 1 N–H and O–H groups in total. The van der Waals surface area contributed by atoms with Crippen molar-refractivity contribution in [1.29, 1.82) is 0 Å². The molecule has 0 aliphatic heterocycles. The number of aromatic nitrogens is 1. The van der Waals surface area contributed by atoms with Crippen LogP contribution < -0.4 is 10.2 Å². The monoisotopic (exact) mass is 426 g/mol. The van der Waals surface area contributed by atoms with E-state index in [1.807, 2.05) is 0 Å². The number of carboxylic acids is 2. The number of benzene rings is 1. The lowest BCUT2D eigenvalue weighted by Crippen LogP contribution is -2.30. The second-order valence-electron chi connectivity index (χ2n) is 5.07. The summed E-state index contributed by atoms with van der Waals surface area (Å²) in [5.41, 5.74) is 0.838. The molecule has 0 aliphatic carbocycles. The second-order valence-corrected chi connectivity index (χ2v) is 5.89. The summed E-state index contributed by atoms with van der Waals surface area (Å²) < 4.78 is 0. The molecule has 0 unspecified atom stereocenters. The highest BCUT2D eigenvalue weighted by molar-refractivity contribution is 6.36. The van der Waals surface area contributed by atoms with E-state index >= 15 is 0 Å². The molecule has 0 atom stereocenters. The summed E-state index contributed by atoms with van der Waals surface area (Å²) in [5, 5.41) is 31.0. The quantitative estimate of drug-likeness (QED) is 0.302. The number of nitro benzene ring substituents is 1. The molecule has 0 bridgehead atoms. The molecular formula is C17H12Cl2N2O7-2. The fraction of sp³-hybridized carbons (Fsp3) is 0.118. The number of carbonyl (C=O) groups excluding carboxylic acids is 3. The number of hydrogen-bond donors (Lipinski definition) is 1. The summed E-state index contributed by atoms with van der Waals surface area (Å²) in [6.07, 6.45) is 4.90. The van der Waals surface area contributed by atoms with E-state index < -0.39 is 22.6 Å². The van der Waals surface area contributed by atoms with Gasteiger partial charge in [-0.3, -0.25) is 14.9 Å². The number of aromatic amines is 1. The SMILES string of the molecule is O=C([O-])CC/C=C/C(=O)C(=O)[O-].O=[N+]([O-])c1c(Cl)cccc1-c1c[nH]cc1Cl. The van der Waals surface area contributed by atoms with Crippen LogP contribution in [0.4, 0.5) is 5.69 Å². The summed E-state index contributed by atoms with van der Waals surface area (Å²) in [6.45, 7) is 0. The van der Waals surface area contributed by atoms with E-state index in [0.717, 1.165) is 12.2 Å². The molecule has 1 heterocycles. The lowest BCUT2D eigenvalue weighted by atomic mass is 10.1. The topological polar surface area (TPSA) is 156 Å². The Morgan fingerprint density at radius 3 is 2.25 bits per heavy atom. The number of H-pyrrole nitrogens is 1. The molecule has 0 saturated heterocycles. The summed E-state index contributed by atoms with van der Waals surface area (Å²) in [7, 11) is 0. The van der Waals surface area contributed by atoms with Crippen LogP contribution in [0.1, 0.15) is 12.8 Å². The average molecular weight is 427 g/mol. The first kappa shape index (κ1) is 22.9. The highest BCUT2D eigenvalue weighted by Gasteiger charge is 2.21. The largest absolute Gasteiger partial charge is 0.550 e. The Morgan fingerprint density at radius 1 is 1.07 bits per heavy atom. The molecular weight excluding hydrogens is 415 g/mol. The van der Waals surface area contributed by atoms with Crippen molar-refractivity contribution < 1.29 is 29.5 Å². The summed E-state index contributed by atoms with van der Waals surface area (Å²) in [5.74, 6) is -4.23. The Hall–Kier alpha value is -3.17. The zero-order valence-corrected chi connectivity index (χ0v) is 15.5. The number of allylic oxidation sites excluding steroid dienone is 1. The molecule has 0 aliphatic rings. The van der Waals surface area contributed by atoms with Crippen molar-refractivity contribution in [3.8, 4) is 11.1 Å². The van der Waals surface area contributed by atoms with E-state index in [4.69, 9.17) is 23.2 Å². The number of rotatable bonds is 7. The maximum absolute atomic E-state index is 10.9. The van der Waals surface area contributed by atoms with Gasteiger partial charge >= 0.3 is 0 Å². The minimum absolute atomic E-state index is 0.0708. The molecule has 0 fully saturated rings. The molecule has 0 radical (unpaired) electrons. The van der Waals surface area contributed by atoms with Gasteiger partial charge in [-0.25, -0.2) is 0 Å². The van der Waals surface area contributed by atoms with Crippen molar-refractivity contribution in [1.82, 2.24) is 4.98 Å². The van der Waals surface area contributed by atoms with E-state index in [9.17, 15) is 34.7 Å². The van der Waals surface area contributed by atoms with Gasteiger partial charge in [-0.15, -0.1) is 0 Å². The number of halogens is 2. The van der Waals surface area contributed by atoms with Gasteiger partial charge in [0.15, 0.2) is 0 Å². The van der Waals surface area contributed by atoms with Gasteiger partial charge in [-0.2, -0.15) is 0 Å². The van der Waals surface area contributed by atoms with Crippen molar-refractivity contribution in [2.45, 2.75) is 12.8 Å². The minimum atomic E-state index is -1.81. The summed E-state index contributed by atoms with van der Waals surface area (Å²) in [6, 6.07) is 4.73. The normalized spacial score (nSPS) is 10.2. The number of nitrogens with one attached hydrogen (secondary N) is 1. The van der Waals surface area contributed by atoms with Crippen LogP contribution in [0, 0.1) is 10.1 Å². The molecule has 28 heavy (non-hydrogen) atoms. The maximum Gasteiger partial charge on any atom is 0.295 e. The molecule has 0 spiro atoms. The van der Waals surface area contributed by atoms with Crippen LogP contribution in [0.3, 0.4) is 0 Å². The zero-order chi connectivity index (χ0) is 21.3. The number of nitro groups is 1. The van der Waals surface area contributed by atoms with E-state index in [2.05, 4.69) is 4.98 Å². The lowest BCUT2D eigenvalue weighted by Gasteiger charge is -2.02.